The Bertz CT molecular complexity index is 583. The van der Waals surface area contributed by atoms with Crippen LogP contribution in [0.1, 0.15) is 90.7 Å². The summed E-state index contributed by atoms with van der Waals surface area (Å²) in [5.41, 5.74) is 1.04. The molecule has 0 aliphatic carbocycles. The van der Waals surface area contributed by atoms with Crippen LogP contribution in [0.25, 0.3) is 0 Å². The van der Waals surface area contributed by atoms with Gasteiger partial charge in [-0.25, -0.2) is 0 Å². The van der Waals surface area contributed by atoms with Crippen molar-refractivity contribution < 1.29 is 19.4 Å². The molecule has 0 spiro atoms. The maximum absolute atomic E-state index is 12.2. The van der Waals surface area contributed by atoms with E-state index in [2.05, 4.69) is 26.1 Å². The first-order valence-electron chi connectivity index (χ1n) is 11.5. The molecule has 0 heterocycles. The van der Waals surface area contributed by atoms with Crippen molar-refractivity contribution in [1.29, 1.82) is 0 Å². The van der Waals surface area contributed by atoms with Gasteiger partial charge < -0.3 is 19.9 Å². The third kappa shape index (κ3) is 13.6. The number of hydrogen-bond donors (Lipinski definition) is 2. The second kappa shape index (κ2) is 15.2. The van der Waals surface area contributed by atoms with E-state index in [-0.39, 0.29) is 17.4 Å². The van der Waals surface area contributed by atoms with Gasteiger partial charge in [-0.05, 0) is 62.1 Å². The number of benzene rings is 1. The standard InChI is InChI=1S/C25H43NO4/c1-21(26-24(28)20-25(2,3)4)22-13-12-14-23(19-22)30-18-11-7-10-17-29-16-9-6-5-8-15-27/h12-14,19,21,27H,5-11,15-18,20H2,1-4H3,(H,26,28)/t21-/m1/s1. The van der Waals surface area contributed by atoms with E-state index in [4.69, 9.17) is 14.6 Å². The first-order valence-corrected chi connectivity index (χ1v) is 11.5. The van der Waals surface area contributed by atoms with Crippen LogP contribution in [-0.2, 0) is 9.53 Å². The highest BCUT2D eigenvalue weighted by atomic mass is 16.5. The van der Waals surface area contributed by atoms with Crippen molar-refractivity contribution in [3.8, 4) is 5.75 Å². The molecule has 0 bridgehead atoms. The number of unbranched alkanes of at least 4 members (excludes halogenated alkanes) is 5. The molecule has 172 valence electrons. The summed E-state index contributed by atoms with van der Waals surface area (Å²) < 4.78 is 11.5. The fraction of sp³-hybridized carbons (Fsp3) is 0.720. The van der Waals surface area contributed by atoms with E-state index in [0.29, 0.717) is 19.6 Å². The summed E-state index contributed by atoms with van der Waals surface area (Å²) in [6.07, 6.45) is 7.85. The molecule has 0 unspecified atom stereocenters. The normalized spacial score (nSPS) is 12.6. The number of rotatable bonds is 16. The van der Waals surface area contributed by atoms with Gasteiger partial charge in [0, 0.05) is 26.2 Å². The molecule has 0 saturated carbocycles. The van der Waals surface area contributed by atoms with E-state index in [9.17, 15) is 4.79 Å². The largest absolute Gasteiger partial charge is 0.494 e. The smallest absolute Gasteiger partial charge is 0.220 e. The minimum Gasteiger partial charge on any atom is -0.494 e. The molecule has 2 N–H and O–H groups in total. The van der Waals surface area contributed by atoms with Crippen molar-refractivity contribution in [3.05, 3.63) is 29.8 Å². The summed E-state index contributed by atoms with van der Waals surface area (Å²) >= 11 is 0. The number of carbonyl (C=O) groups excluding carboxylic acids is 1. The Balaban J connectivity index is 2.17. The molecule has 0 aromatic heterocycles. The first-order chi connectivity index (χ1) is 14.3. The summed E-state index contributed by atoms with van der Waals surface area (Å²) in [4.78, 5) is 12.2. The molecule has 1 aromatic carbocycles. The van der Waals surface area contributed by atoms with Gasteiger partial charge in [0.25, 0.3) is 0 Å². The van der Waals surface area contributed by atoms with Crippen molar-refractivity contribution in [2.24, 2.45) is 5.41 Å². The van der Waals surface area contributed by atoms with E-state index in [1.165, 1.54) is 0 Å². The predicted molar refractivity (Wildman–Crippen MR) is 123 cm³/mol. The van der Waals surface area contributed by atoms with Gasteiger partial charge in [0.05, 0.1) is 12.6 Å². The second-order valence-electron chi connectivity index (χ2n) is 9.26. The van der Waals surface area contributed by atoms with Crippen molar-refractivity contribution in [2.45, 2.75) is 85.1 Å². The van der Waals surface area contributed by atoms with Gasteiger partial charge in [0.2, 0.25) is 5.91 Å². The molecule has 5 heteroatoms. The number of aliphatic hydroxyl groups excluding tert-OH is 1. The third-order valence-corrected chi connectivity index (χ3v) is 4.83. The molecule has 1 rings (SSSR count). The van der Waals surface area contributed by atoms with Gasteiger partial charge in [-0.2, -0.15) is 0 Å². The number of amides is 1. The zero-order valence-corrected chi connectivity index (χ0v) is 19.5. The van der Waals surface area contributed by atoms with Crippen LogP contribution < -0.4 is 10.1 Å². The van der Waals surface area contributed by atoms with Crippen LogP contribution in [0, 0.1) is 5.41 Å². The lowest BCUT2D eigenvalue weighted by atomic mass is 9.91. The zero-order chi connectivity index (χ0) is 22.2. The fourth-order valence-corrected chi connectivity index (χ4v) is 3.18. The Kier molecular flexibility index (Phi) is 13.4. The lowest BCUT2D eigenvalue weighted by Gasteiger charge is -2.20. The number of nitrogens with one attached hydrogen (secondary N) is 1. The van der Waals surface area contributed by atoms with Crippen molar-refractivity contribution in [1.82, 2.24) is 5.32 Å². The maximum atomic E-state index is 12.2. The van der Waals surface area contributed by atoms with Crippen LogP contribution in [0.5, 0.6) is 5.75 Å². The van der Waals surface area contributed by atoms with Crippen molar-refractivity contribution in [2.75, 3.05) is 26.4 Å². The maximum Gasteiger partial charge on any atom is 0.220 e. The predicted octanol–water partition coefficient (Wildman–Crippen LogP) is 5.42. The molecule has 30 heavy (non-hydrogen) atoms. The first kappa shape index (κ1) is 26.4. The molecular weight excluding hydrogens is 378 g/mol. The van der Waals surface area contributed by atoms with Gasteiger partial charge in [0.15, 0.2) is 0 Å². The van der Waals surface area contributed by atoms with E-state index < -0.39 is 0 Å². The van der Waals surface area contributed by atoms with Crippen LogP contribution in [0.4, 0.5) is 0 Å². The lowest BCUT2D eigenvalue weighted by molar-refractivity contribution is -0.123. The van der Waals surface area contributed by atoms with E-state index in [1.807, 2.05) is 31.2 Å². The fourth-order valence-electron chi connectivity index (χ4n) is 3.18. The molecule has 0 aliphatic rings. The quantitative estimate of drug-likeness (QED) is 0.350. The average molecular weight is 422 g/mol. The summed E-state index contributed by atoms with van der Waals surface area (Å²) in [6.45, 7) is 10.8. The van der Waals surface area contributed by atoms with Gasteiger partial charge in [-0.3, -0.25) is 4.79 Å². The van der Waals surface area contributed by atoms with E-state index in [1.54, 1.807) is 0 Å². The number of carbonyl (C=O) groups is 1. The number of hydrogen-bond acceptors (Lipinski definition) is 4. The van der Waals surface area contributed by atoms with Crippen LogP contribution in [0.15, 0.2) is 24.3 Å². The summed E-state index contributed by atoms with van der Waals surface area (Å²) in [6, 6.07) is 7.94. The Morgan fingerprint density at radius 1 is 1.00 bits per heavy atom. The summed E-state index contributed by atoms with van der Waals surface area (Å²) in [5, 5.41) is 11.8. The van der Waals surface area contributed by atoms with Crippen LogP contribution in [-0.4, -0.2) is 37.4 Å². The minimum atomic E-state index is -0.0378. The molecule has 0 aliphatic heterocycles. The van der Waals surface area contributed by atoms with Crippen molar-refractivity contribution in [3.63, 3.8) is 0 Å². The van der Waals surface area contributed by atoms with Gasteiger partial charge >= 0.3 is 0 Å². The second-order valence-corrected chi connectivity index (χ2v) is 9.26. The monoisotopic (exact) mass is 421 g/mol. The highest BCUT2D eigenvalue weighted by molar-refractivity contribution is 5.77. The highest BCUT2D eigenvalue weighted by Crippen LogP contribution is 2.22. The van der Waals surface area contributed by atoms with Gasteiger partial charge in [-0.15, -0.1) is 0 Å². The van der Waals surface area contributed by atoms with E-state index in [0.717, 1.165) is 69.5 Å². The topological polar surface area (TPSA) is 67.8 Å². The van der Waals surface area contributed by atoms with Crippen LogP contribution >= 0.6 is 0 Å². The Morgan fingerprint density at radius 3 is 2.30 bits per heavy atom. The molecule has 0 fully saturated rings. The molecule has 0 radical (unpaired) electrons. The van der Waals surface area contributed by atoms with Crippen LogP contribution in [0.2, 0.25) is 0 Å². The number of aliphatic hydroxyl groups is 1. The SMILES string of the molecule is C[C@@H](NC(=O)CC(C)(C)C)c1cccc(OCCCCCOCCCCCCO)c1. The average Bonchev–Trinajstić information content (AvgIpc) is 2.67. The lowest BCUT2D eigenvalue weighted by Crippen LogP contribution is -2.29. The Hall–Kier alpha value is -1.59. The highest BCUT2D eigenvalue weighted by Gasteiger charge is 2.18. The molecule has 1 atom stereocenters. The molecule has 1 aromatic rings. The third-order valence-electron chi connectivity index (χ3n) is 4.83. The van der Waals surface area contributed by atoms with Crippen LogP contribution in [0.3, 0.4) is 0 Å². The summed E-state index contributed by atoms with van der Waals surface area (Å²) in [5.74, 6) is 0.928. The Labute approximate surface area is 183 Å². The zero-order valence-electron chi connectivity index (χ0n) is 19.5. The molecule has 0 saturated heterocycles. The molecule has 1 amide bonds. The molecular formula is C25H43NO4. The van der Waals surface area contributed by atoms with Gasteiger partial charge in [-0.1, -0.05) is 45.7 Å². The van der Waals surface area contributed by atoms with E-state index >= 15 is 0 Å². The molecule has 5 nitrogen and oxygen atoms in total. The Morgan fingerprint density at radius 2 is 1.63 bits per heavy atom. The summed E-state index contributed by atoms with van der Waals surface area (Å²) in [7, 11) is 0. The van der Waals surface area contributed by atoms with Crippen molar-refractivity contribution >= 4 is 5.91 Å². The number of ether oxygens (including phenoxy) is 2. The minimum absolute atomic E-state index is 0.0138. The van der Waals surface area contributed by atoms with Gasteiger partial charge in [0.1, 0.15) is 5.75 Å².